The first-order chi connectivity index (χ1) is 14.2. The molecular formula is C23H24N4O2. The molecule has 0 radical (unpaired) electrons. The van der Waals surface area contributed by atoms with E-state index >= 15 is 0 Å². The molecule has 0 aliphatic heterocycles. The third-order valence-corrected chi connectivity index (χ3v) is 5.05. The lowest BCUT2D eigenvalue weighted by molar-refractivity contribution is 0.356. The number of methoxy groups -OCH3 is 2. The van der Waals surface area contributed by atoms with Gasteiger partial charge in [-0.3, -0.25) is 4.98 Å². The number of nitrogens with zero attached hydrogens (tertiary/aromatic N) is 3. The second kappa shape index (κ2) is 8.22. The third kappa shape index (κ3) is 3.74. The van der Waals surface area contributed by atoms with Crippen molar-refractivity contribution >= 4 is 22.3 Å². The normalized spacial score (nSPS) is 10.9. The SMILES string of the molecule is CCc1c(Cn2ccnc2)cccc1Nc1ccnc2cc(OC)c(OC)cc12. The summed E-state index contributed by atoms with van der Waals surface area (Å²) in [6.45, 7) is 2.97. The van der Waals surface area contributed by atoms with Crippen LogP contribution in [0.2, 0.25) is 0 Å². The summed E-state index contributed by atoms with van der Waals surface area (Å²) in [4.78, 5) is 8.64. The minimum absolute atomic E-state index is 0.668. The molecule has 0 unspecified atom stereocenters. The highest BCUT2D eigenvalue weighted by Gasteiger charge is 2.12. The van der Waals surface area contributed by atoms with E-state index in [9.17, 15) is 0 Å². The molecule has 1 N–H and O–H groups in total. The second-order valence-corrected chi connectivity index (χ2v) is 6.74. The molecule has 0 bridgehead atoms. The summed E-state index contributed by atoms with van der Waals surface area (Å²) in [5.41, 5.74) is 5.47. The number of hydrogen-bond donors (Lipinski definition) is 1. The first-order valence-electron chi connectivity index (χ1n) is 9.57. The average Bonchev–Trinajstić information content (AvgIpc) is 3.26. The van der Waals surface area contributed by atoms with Gasteiger partial charge in [-0.2, -0.15) is 0 Å². The quantitative estimate of drug-likeness (QED) is 0.493. The van der Waals surface area contributed by atoms with Crippen LogP contribution < -0.4 is 14.8 Å². The summed E-state index contributed by atoms with van der Waals surface area (Å²) in [6.07, 6.45) is 8.36. The van der Waals surface area contributed by atoms with Crippen molar-refractivity contribution in [3.63, 3.8) is 0 Å². The Morgan fingerprint density at radius 3 is 2.55 bits per heavy atom. The van der Waals surface area contributed by atoms with E-state index in [0.717, 1.165) is 35.2 Å². The summed E-state index contributed by atoms with van der Waals surface area (Å²) in [6, 6.07) is 12.2. The molecule has 0 saturated carbocycles. The molecule has 29 heavy (non-hydrogen) atoms. The number of imidazole rings is 1. The van der Waals surface area contributed by atoms with Crippen LogP contribution >= 0.6 is 0 Å². The maximum Gasteiger partial charge on any atom is 0.162 e. The van der Waals surface area contributed by atoms with Crippen LogP contribution in [0.15, 0.2) is 61.3 Å². The standard InChI is InChI=1S/C23H24N4O2/c1-4-17-16(14-27-11-10-24-15-27)6-5-7-19(17)26-20-8-9-25-21-13-23(29-3)22(28-2)12-18(20)21/h5-13,15H,4,14H2,1-3H3,(H,25,26). The number of fused-ring (bicyclic) bond motifs is 1. The van der Waals surface area contributed by atoms with Crippen molar-refractivity contribution in [2.24, 2.45) is 0 Å². The Labute approximate surface area is 170 Å². The van der Waals surface area contributed by atoms with Gasteiger partial charge in [0.2, 0.25) is 0 Å². The zero-order valence-electron chi connectivity index (χ0n) is 16.8. The molecular weight excluding hydrogens is 364 g/mol. The van der Waals surface area contributed by atoms with E-state index in [1.807, 2.05) is 30.7 Å². The number of rotatable bonds is 7. The topological polar surface area (TPSA) is 61.2 Å². The molecule has 2 aromatic heterocycles. The average molecular weight is 388 g/mol. The van der Waals surface area contributed by atoms with Crippen LogP contribution in [0.5, 0.6) is 11.5 Å². The summed E-state index contributed by atoms with van der Waals surface area (Å²) in [7, 11) is 3.27. The van der Waals surface area contributed by atoms with E-state index in [1.54, 1.807) is 26.6 Å². The Hall–Kier alpha value is -3.54. The molecule has 4 aromatic rings. The second-order valence-electron chi connectivity index (χ2n) is 6.74. The van der Waals surface area contributed by atoms with Crippen molar-refractivity contribution < 1.29 is 9.47 Å². The van der Waals surface area contributed by atoms with Crippen molar-refractivity contribution in [1.82, 2.24) is 14.5 Å². The Bertz CT molecular complexity index is 1120. The van der Waals surface area contributed by atoms with Crippen molar-refractivity contribution in [2.75, 3.05) is 19.5 Å². The summed E-state index contributed by atoms with van der Waals surface area (Å²) in [5.74, 6) is 1.35. The van der Waals surface area contributed by atoms with Crippen LogP contribution in [-0.2, 0) is 13.0 Å². The largest absolute Gasteiger partial charge is 0.493 e. The number of pyridine rings is 1. The van der Waals surface area contributed by atoms with Crippen LogP contribution in [0, 0.1) is 0 Å². The van der Waals surface area contributed by atoms with Gasteiger partial charge in [0.25, 0.3) is 0 Å². The molecule has 0 aliphatic rings. The highest BCUT2D eigenvalue weighted by Crippen LogP contribution is 2.36. The van der Waals surface area contributed by atoms with Gasteiger partial charge < -0.3 is 19.4 Å². The van der Waals surface area contributed by atoms with Gasteiger partial charge in [0.15, 0.2) is 11.5 Å². The van der Waals surface area contributed by atoms with E-state index < -0.39 is 0 Å². The number of benzene rings is 2. The van der Waals surface area contributed by atoms with Gasteiger partial charge in [-0.15, -0.1) is 0 Å². The maximum atomic E-state index is 5.48. The summed E-state index contributed by atoms with van der Waals surface area (Å²) >= 11 is 0. The number of nitrogens with one attached hydrogen (secondary N) is 1. The molecule has 2 aromatic carbocycles. The third-order valence-electron chi connectivity index (χ3n) is 5.05. The molecule has 4 rings (SSSR count). The lowest BCUT2D eigenvalue weighted by Crippen LogP contribution is -2.04. The highest BCUT2D eigenvalue weighted by molar-refractivity contribution is 5.95. The van der Waals surface area contributed by atoms with Gasteiger partial charge in [-0.05, 0) is 35.7 Å². The van der Waals surface area contributed by atoms with Crippen LogP contribution in [0.1, 0.15) is 18.1 Å². The fourth-order valence-corrected chi connectivity index (χ4v) is 3.62. The maximum absolute atomic E-state index is 5.48. The summed E-state index contributed by atoms with van der Waals surface area (Å²) < 4.78 is 13.0. The van der Waals surface area contributed by atoms with E-state index in [2.05, 4.69) is 45.0 Å². The van der Waals surface area contributed by atoms with Gasteiger partial charge in [-0.25, -0.2) is 4.98 Å². The van der Waals surface area contributed by atoms with Gasteiger partial charge >= 0.3 is 0 Å². The molecule has 0 aliphatic carbocycles. The number of ether oxygens (including phenoxy) is 2. The van der Waals surface area contributed by atoms with Gasteiger partial charge in [0.1, 0.15) is 0 Å². The molecule has 0 spiro atoms. The highest BCUT2D eigenvalue weighted by atomic mass is 16.5. The molecule has 6 heteroatoms. The Morgan fingerprint density at radius 2 is 1.83 bits per heavy atom. The lowest BCUT2D eigenvalue weighted by atomic mass is 10.0. The molecule has 148 valence electrons. The zero-order chi connectivity index (χ0) is 20.2. The minimum atomic E-state index is 0.668. The van der Waals surface area contributed by atoms with E-state index in [-0.39, 0.29) is 0 Å². The fourth-order valence-electron chi connectivity index (χ4n) is 3.62. The Morgan fingerprint density at radius 1 is 1.00 bits per heavy atom. The number of anilines is 2. The van der Waals surface area contributed by atoms with E-state index in [0.29, 0.717) is 11.5 Å². The van der Waals surface area contributed by atoms with Crippen molar-refractivity contribution in [3.8, 4) is 11.5 Å². The lowest BCUT2D eigenvalue weighted by Gasteiger charge is -2.17. The van der Waals surface area contributed by atoms with Gasteiger partial charge in [0, 0.05) is 48.0 Å². The molecule has 0 atom stereocenters. The predicted molar refractivity (Wildman–Crippen MR) is 115 cm³/mol. The number of aromatic nitrogens is 3. The van der Waals surface area contributed by atoms with Gasteiger partial charge in [-0.1, -0.05) is 19.1 Å². The van der Waals surface area contributed by atoms with Crippen molar-refractivity contribution in [2.45, 2.75) is 19.9 Å². The Balaban J connectivity index is 1.75. The Kier molecular flexibility index (Phi) is 5.33. The molecule has 6 nitrogen and oxygen atoms in total. The van der Waals surface area contributed by atoms with Gasteiger partial charge in [0.05, 0.1) is 26.1 Å². The summed E-state index contributed by atoms with van der Waals surface area (Å²) in [5, 5.41) is 4.59. The van der Waals surface area contributed by atoms with E-state index in [1.165, 1.54) is 11.1 Å². The van der Waals surface area contributed by atoms with E-state index in [4.69, 9.17) is 9.47 Å². The molecule has 0 fully saturated rings. The van der Waals surface area contributed by atoms with Crippen LogP contribution in [0.25, 0.3) is 10.9 Å². The van der Waals surface area contributed by atoms with Crippen LogP contribution in [0.3, 0.4) is 0 Å². The molecule has 2 heterocycles. The van der Waals surface area contributed by atoms with Crippen LogP contribution in [-0.4, -0.2) is 28.8 Å². The molecule has 0 saturated heterocycles. The first kappa shape index (κ1) is 18.8. The van der Waals surface area contributed by atoms with Crippen LogP contribution in [0.4, 0.5) is 11.4 Å². The minimum Gasteiger partial charge on any atom is -0.493 e. The smallest absolute Gasteiger partial charge is 0.162 e. The van der Waals surface area contributed by atoms with Crippen molar-refractivity contribution in [1.29, 1.82) is 0 Å². The zero-order valence-corrected chi connectivity index (χ0v) is 16.8. The first-order valence-corrected chi connectivity index (χ1v) is 9.57. The molecule has 0 amide bonds. The predicted octanol–water partition coefficient (Wildman–Crippen LogP) is 4.80. The fraction of sp³-hybridized carbons (Fsp3) is 0.217. The monoisotopic (exact) mass is 388 g/mol. The van der Waals surface area contributed by atoms with Crippen molar-refractivity contribution in [3.05, 3.63) is 72.4 Å². The number of hydrogen-bond acceptors (Lipinski definition) is 5.